The molecule has 0 amide bonds. The SMILES string of the molecule is Cn1cc(C2=C(c3cn(C)c4ccc(N)cc34)C(=O)OC2=O)c2ccccc21. The molecular formula is C22H17N3O3. The van der Waals surface area contributed by atoms with Crippen LogP contribution in [0.15, 0.2) is 54.9 Å². The number of ether oxygens (including phenoxy) is 1. The predicted octanol–water partition coefficient (Wildman–Crippen LogP) is 3.25. The molecule has 0 unspecified atom stereocenters. The first-order valence-electron chi connectivity index (χ1n) is 8.86. The number of anilines is 1. The van der Waals surface area contributed by atoms with E-state index in [2.05, 4.69) is 0 Å². The normalized spacial score (nSPS) is 14.5. The maximum absolute atomic E-state index is 12.7. The maximum atomic E-state index is 12.7. The van der Waals surface area contributed by atoms with Crippen LogP contribution in [0.5, 0.6) is 0 Å². The van der Waals surface area contributed by atoms with Crippen molar-refractivity contribution in [2.75, 3.05) is 5.73 Å². The van der Waals surface area contributed by atoms with Crippen LogP contribution in [0.25, 0.3) is 33.0 Å². The van der Waals surface area contributed by atoms with Gasteiger partial charge in [-0.05, 0) is 24.3 Å². The fourth-order valence-electron chi connectivity index (χ4n) is 4.03. The molecule has 0 saturated heterocycles. The Hall–Kier alpha value is -3.80. The number of esters is 2. The second-order valence-corrected chi connectivity index (χ2v) is 7.03. The Labute approximate surface area is 160 Å². The van der Waals surface area contributed by atoms with Crippen molar-refractivity contribution in [2.45, 2.75) is 0 Å². The van der Waals surface area contributed by atoms with E-state index in [9.17, 15) is 9.59 Å². The summed E-state index contributed by atoms with van der Waals surface area (Å²) >= 11 is 0. The van der Waals surface area contributed by atoms with Gasteiger partial charge in [-0.2, -0.15) is 0 Å². The first-order valence-corrected chi connectivity index (χ1v) is 8.86. The van der Waals surface area contributed by atoms with E-state index in [1.807, 2.05) is 78.1 Å². The molecule has 1 aliphatic heterocycles. The van der Waals surface area contributed by atoms with Gasteiger partial charge in [0.2, 0.25) is 0 Å². The molecule has 2 aromatic heterocycles. The molecule has 2 N–H and O–H groups in total. The molecule has 2 aromatic carbocycles. The molecule has 4 aromatic rings. The molecule has 138 valence electrons. The summed E-state index contributed by atoms with van der Waals surface area (Å²) in [5.41, 5.74) is 10.3. The smallest absolute Gasteiger partial charge is 0.347 e. The fourth-order valence-corrected chi connectivity index (χ4v) is 4.03. The summed E-state index contributed by atoms with van der Waals surface area (Å²) in [4.78, 5) is 25.4. The number of nitrogen functional groups attached to an aromatic ring is 1. The van der Waals surface area contributed by atoms with Crippen LogP contribution < -0.4 is 5.73 Å². The zero-order valence-electron chi connectivity index (χ0n) is 15.4. The minimum atomic E-state index is -0.636. The molecule has 1 aliphatic rings. The number of benzene rings is 2. The first-order chi connectivity index (χ1) is 13.5. The lowest BCUT2D eigenvalue weighted by molar-refractivity contribution is -0.149. The Kier molecular flexibility index (Phi) is 3.27. The summed E-state index contributed by atoms with van der Waals surface area (Å²) in [7, 11) is 3.80. The highest BCUT2D eigenvalue weighted by atomic mass is 16.6. The largest absolute Gasteiger partial charge is 0.399 e. The van der Waals surface area contributed by atoms with Crippen LogP contribution >= 0.6 is 0 Å². The zero-order valence-corrected chi connectivity index (χ0v) is 15.4. The van der Waals surface area contributed by atoms with Crippen molar-refractivity contribution >= 4 is 50.6 Å². The van der Waals surface area contributed by atoms with E-state index in [4.69, 9.17) is 10.5 Å². The number of aryl methyl sites for hydroxylation is 2. The number of carbonyl (C=O) groups is 2. The minimum absolute atomic E-state index is 0.276. The second-order valence-electron chi connectivity index (χ2n) is 7.03. The molecular weight excluding hydrogens is 354 g/mol. The molecule has 0 aliphatic carbocycles. The van der Waals surface area contributed by atoms with Crippen molar-refractivity contribution < 1.29 is 14.3 Å². The van der Waals surface area contributed by atoms with Gasteiger partial charge in [-0.1, -0.05) is 18.2 Å². The van der Waals surface area contributed by atoms with Crippen molar-refractivity contribution in [3.63, 3.8) is 0 Å². The number of hydrogen-bond donors (Lipinski definition) is 1. The molecule has 6 heteroatoms. The summed E-state index contributed by atoms with van der Waals surface area (Å²) in [6.07, 6.45) is 3.70. The highest BCUT2D eigenvalue weighted by Gasteiger charge is 2.37. The van der Waals surface area contributed by atoms with Gasteiger partial charge >= 0.3 is 11.9 Å². The van der Waals surface area contributed by atoms with Gasteiger partial charge in [0, 0.05) is 65.1 Å². The van der Waals surface area contributed by atoms with Crippen molar-refractivity contribution in [2.24, 2.45) is 14.1 Å². The van der Waals surface area contributed by atoms with Crippen molar-refractivity contribution in [3.05, 3.63) is 66.0 Å². The number of hydrogen-bond acceptors (Lipinski definition) is 4. The molecule has 28 heavy (non-hydrogen) atoms. The average Bonchev–Trinajstić information content (AvgIpc) is 3.26. The number of cyclic esters (lactones) is 2. The van der Waals surface area contributed by atoms with E-state index in [1.54, 1.807) is 0 Å². The van der Waals surface area contributed by atoms with Gasteiger partial charge in [0.1, 0.15) is 0 Å². The lowest BCUT2D eigenvalue weighted by Crippen LogP contribution is -2.01. The van der Waals surface area contributed by atoms with Gasteiger partial charge in [0.05, 0.1) is 11.1 Å². The fraction of sp³-hybridized carbons (Fsp3) is 0.0909. The van der Waals surface area contributed by atoms with E-state index in [1.165, 1.54) is 0 Å². The molecule has 6 nitrogen and oxygen atoms in total. The van der Waals surface area contributed by atoms with Crippen molar-refractivity contribution in [3.8, 4) is 0 Å². The quantitative estimate of drug-likeness (QED) is 0.333. The Bertz CT molecular complexity index is 1350. The number of aromatic nitrogens is 2. The summed E-state index contributed by atoms with van der Waals surface area (Å²) in [5, 5.41) is 1.70. The standard InChI is InChI=1S/C22H17N3O3/c1-24-10-15(13-5-3-4-6-17(13)24)19-20(22(27)28-21(19)26)16-11-25(2)18-8-7-12(23)9-14(16)18/h3-11H,23H2,1-2H3. The van der Waals surface area contributed by atoms with Crippen LogP contribution in [0.1, 0.15) is 11.1 Å². The monoisotopic (exact) mass is 371 g/mol. The Morgan fingerprint density at radius 2 is 1.36 bits per heavy atom. The Balaban J connectivity index is 1.88. The topological polar surface area (TPSA) is 79.2 Å². The highest BCUT2D eigenvalue weighted by Crippen LogP contribution is 2.40. The summed E-state index contributed by atoms with van der Waals surface area (Å²) < 4.78 is 8.89. The van der Waals surface area contributed by atoms with Gasteiger partial charge in [0.25, 0.3) is 0 Å². The molecule has 0 fully saturated rings. The highest BCUT2D eigenvalue weighted by molar-refractivity contribution is 6.46. The average molecular weight is 371 g/mol. The lowest BCUT2D eigenvalue weighted by Gasteiger charge is -2.02. The number of rotatable bonds is 2. The van der Waals surface area contributed by atoms with E-state index < -0.39 is 11.9 Å². The minimum Gasteiger partial charge on any atom is -0.399 e. The van der Waals surface area contributed by atoms with Gasteiger partial charge in [-0.3, -0.25) is 0 Å². The van der Waals surface area contributed by atoms with Crippen LogP contribution in [0.4, 0.5) is 5.69 Å². The van der Waals surface area contributed by atoms with Gasteiger partial charge in [0.15, 0.2) is 0 Å². The molecule has 0 bridgehead atoms. The summed E-state index contributed by atoms with van der Waals surface area (Å²) in [6, 6.07) is 13.3. The number of para-hydroxylation sites is 1. The lowest BCUT2D eigenvalue weighted by atomic mass is 9.95. The second kappa shape index (κ2) is 5.60. The summed E-state index contributed by atoms with van der Waals surface area (Å²) in [6.45, 7) is 0. The van der Waals surface area contributed by atoms with Crippen molar-refractivity contribution in [1.82, 2.24) is 9.13 Å². The predicted molar refractivity (Wildman–Crippen MR) is 108 cm³/mol. The van der Waals surface area contributed by atoms with Gasteiger partial charge in [-0.25, -0.2) is 9.59 Å². The third kappa shape index (κ3) is 2.15. The molecule has 5 rings (SSSR count). The molecule has 0 radical (unpaired) electrons. The van der Waals surface area contributed by atoms with Crippen LogP contribution in [-0.2, 0) is 28.4 Å². The Morgan fingerprint density at radius 3 is 2.04 bits per heavy atom. The van der Waals surface area contributed by atoms with Gasteiger partial charge in [-0.15, -0.1) is 0 Å². The number of fused-ring (bicyclic) bond motifs is 2. The molecule has 0 saturated carbocycles. The third-order valence-electron chi connectivity index (χ3n) is 5.29. The Morgan fingerprint density at radius 1 is 0.786 bits per heavy atom. The van der Waals surface area contributed by atoms with Crippen LogP contribution in [0.2, 0.25) is 0 Å². The van der Waals surface area contributed by atoms with E-state index in [0.717, 1.165) is 21.8 Å². The number of nitrogens with zero attached hydrogens (tertiary/aromatic N) is 2. The van der Waals surface area contributed by atoms with E-state index in [0.29, 0.717) is 16.8 Å². The third-order valence-corrected chi connectivity index (χ3v) is 5.29. The first kappa shape index (κ1) is 16.4. The summed E-state index contributed by atoms with van der Waals surface area (Å²) in [5.74, 6) is -1.26. The zero-order chi connectivity index (χ0) is 19.6. The number of carbonyl (C=O) groups excluding carboxylic acids is 2. The molecule has 0 atom stereocenters. The molecule has 3 heterocycles. The maximum Gasteiger partial charge on any atom is 0.347 e. The van der Waals surface area contributed by atoms with Crippen LogP contribution in [0.3, 0.4) is 0 Å². The van der Waals surface area contributed by atoms with E-state index in [-0.39, 0.29) is 11.1 Å². The van der Waals surface area contributed by atoms with Crippen LogP contribution in [0, 0.1) is 0 Å². The van der Waals surface area contributed by atoms with Crippen LogP contribution in [-0.4, -0.2) is 21.1 Å². The molecule has 0 spiro atoms. The number of nitrogens with two attached hydrogens (primary N) is 1. The van der Waals surface area contributed by atoms with E-state index >= 15 is 0 Å². The van der Waals surface area contributed by atoms with Gasteiger partial charge < -0.3 is 19.6 Å². The van der Waals surface area contributed by atoms with Crippen molar-refractivity contribution in [1.29, 1.82) is 0 Å².